The van der Waals surface area contributed by atoms with Crippen LogP contribution in [0.1, 0.15) is 24.1 Å². The molecule has 0 fully saturated rings. The van der Waals surface area contributed by atoms with Crippen molar-refractivity contribution in [3.05, 3.63) is 83.7 Å². The van der Waals surface area contributed by atoms with E-state index in [0.717, 1.165) is 11.3 Å². The molecule has 27 heavy (non-hydrogen) atoms. The second-order valence-electron chi connectivity index (χ2n) is 6.10. The average molecular weight is 367 g/mol. The molecule has 0 aliphatic carbocycles. The summed E-state index contributed by atoms with van der Waals surface area (Å²) in [5, 5.41) is 39.0. The number of nitrogens with zero attached hydrogens (tertiary/aromatic N) is 1. The van der Waals surface area contributed by atoms with E-state index in [1.807, 2.05) is 30.3 Å². The minimum absolute atomic E-state index is 0.168. The lowest BCUT2D eigenvalue weighted by molar-refractivity contribution is 0.199. The van der Waals surface area contributed by atoms with E-state index < -0.39 is 6.10 Å². The summed E-state index contributed by atoms with van der Waals surface area (Å²) in [6, 6.07) is 12.6. The molecule has 0 aliphatic rings. The Bertz CT molecular complexity index is 812. The van der Waals surface area contributed by atoms with Crippen molar-refractivity contribution in [3.63, 3.8) is 0 Å². The largest absolute Gasteiger partial charge is 0.507 e. The standard InChI is InChI=1S/C22H25NO4/c1-16(15-25)19(11-13-24)22(27)10-9-17(20-7-4-5-12-23-20)14-18-6-2-3-8-21(18)26/h2-8,11-12,14,22,24-27H,1,9-10,13,15H2/b17-14-,19-11-. The zero-order valence-electron chi connectivity index (χ0n) is 15.1. The van der Waals surface area contributed by atoms with E-state index in [1.54, 1.807) is 24.4 Å². The molecule has 0 bridgehead atoms. The fourth-order valence-corrected chi connectivity index (χ4v) is 2.78. The fourth-order valence-electron chi connectivity index (χ4n) is 2.78. The fraction of sp³-hybridized carbons (Fsp3) is 0.227. The highest BCUT2D eigenvalue weighted by atomic mass is 16.3. The smallest absolute Gasteiger partial charge is 0.122 e. The second kappa shape index (κ2) is 10.4. The van der Waals surface area contributed by atoms with Crippen molar-refractivity contribution in [1.29, 1.82) is 0 Å². The Balaban J connectivity index is 2.27. The second-order valence-corrected chi connectivity index (χ2v) is 6.10. The van der Waals surface area contributed by atoms with E-state index in [2.05, 4.69) is 11.6 Å². The van der Waals surface area contributed by atoms with Gasteiger partial charge in [-0.05, 0) is 53.8 Å². The number of aromatic hydroxyl groups is 1. The molecule has 2 aromatic rings. The van der Waals surface area contributed by atoms with Crippen molar-refractivity contribution in [2.24, 2.45) is 0 Å². The molecule has 0 aliphatic heterocycles. The van der Waals surface area contributed by atoms with Crippen LogP contribution in [0.3, 0.4) is 0 Å². The van der Waals surface area contributed by atoms with Gasteiger partial charge in [-0.15, -0.1) is 0 Å². The van der Waals surface area contributed by atoms with E-state index >= 15 is 0 Å². The van der Waals surface area contributed by atoms with Crippen LogP contribution in [0.15, 0.2) is 72.5 Å². The number of aliphatic hydroxyl groups excluding tert-OH is 3. The molecular weight excluding hydrogens is 342 g/mol. The zero-order valence-corrected chi connectivity index (χ0v) is 15.1. The van der Waals surface area contributed by atoms with Crippen LogP contribution < -0.4 is 0 Å². The van der Waals surface area contributed by atoms with Crippen molar-refractivity contribution in [3.8, 4) is 5.75 Å². The van der Waals surface area contributed by atoms with E-state index in [-0.39, 0.29) is 19.0 Å². The minimum atomic E-state index is -0.881. The first kappa shape index (κ1) is 20.6. The SMILES string of the molecule is C=C(CO)/C(=C/CO)C(O)CC/C(=C/c1ccccc1O)c1ccccn1. The average Bonchev–Trinajstić information content (AvgIpc) is 2.70. The molecule has 0 radical (unpaired) electrons. The maximum Gasteiger partial charge on any atom is 0.122 e. The van der Waals surface area contributed by atoms with Gasteiger partial charge in [-0.1, -0.05) is 36.9 Å². The molecule has 5 nitrogen and oxygen atoms in total. The molecule has 5 heteroatoms. The monoisotopic (exact) mass is 367 g/mol. The normalized spacial score (nSPS) is 13.4. The van der Waals surface area contributed by atoms with Crippen molar-refractivity contribution in [2.45, 2.75) is 18.9 Å². The van der Waals surface area contributed by atoms with Crippen LogP contribution in [0.25, 0.3) is 11.6 Å². The highest BCUT2D eigenvalue weighted by Crippen LogP contribution is 2.28. The van der Waals surface area contributed by atoms with Crippen LogP contribution in [0.2, 0.25) is 0 Å². The summed E-state index contributed by atoms with van der Waals surface area (Å²) < 4.78 is 0. The molecule has 1 atom stereocenters. The molecule has 1 unspecified atom stereocenters. The van der Waals surface area contributed by atoms with Crippen molar-refractivity contribution < 1.29 is 20.4 Å². The molecule has 1 aromatic carbocycles. The lowest BCUT2D eigenvalue weighted by Gasteiger charge is -2.17. The van der Waals surface area contributed by atoms with E-state index in [9.17, 15) is 15.3 Å². The topological polar surface area (TPSA) is 93.8 Å². The van der Waals surface area contributed by atoms with Crippen molar-refractivity contribution in [2.75, 3.05) is 13.2 Å². The number of phenolic OH excluding ortho intramolecular Hbond substituents is 1. The Morgan fingerprint density at radius 2 is 1.85 bits per heavy atom. The highest BCUT2D eigenvalue weighted by molar-refractivity contribution is 5.81. The Kier molecular flexibility index (Phi) is 7.95. The summed E-state index contributed by atoms with van der Waals surface area (Å²) in [7, 11) is 0. The Morgan fingerprint density at radius 3 is 2.48 bits per heavy atom. The molecule has 4 N–H and O–H groups in total. The van der Waals surface area contributed by atoms with E-state index in [4.69, 9.17) is 5.11 Å². The minimum Gasteiger partial charge on any atom is -0.507 e. The number of aliphatic hydroxyl groups is 3. The summed E-state index contributed by atoms with van der Waals surface area (Å²) in [5.41, 5.74) is 3.08. The molecule has 0 spiro atoms. The number of pyridine rings is 1. The quantitative estimate of drug-likeness (QED) is 0.511. The van der Waals surface area contributed by atoms with Gasteiger partial charge < -0.3 is 20.4 Å². The highest BCUT2D eigenvalue weighted by Gasteiger charge is 2.15. The molecule has 0 amide bonds. The van der Waals surface area contributed by atoms with Crippen LogP contribution in [0.5, 0.6) is 5.75 Å². The van der Waals surface area contributed by atoms with Crippen LogP contribution in [-0.2, 0) is 0 Å². The Hall–Kier alpha value is -2.73. The van der Waals surface area contributed by atoms with Gasteiger partial charge in [0.1, 0.15) is 5.75 Å². The number of aromatic nitrogens is 1. The van der Waals surface area contributed by atoms with Gasteiger partial charge in [0, 0.05) is 11.8 Å². The summed E-state index contributed by atoms with van der Waals surface area (Å²) in [6.45, 7) is 3.20. The van der Waals surface area contributed by atoms with Gasteiger partial charge in [0.2, 0.25) is 0 Å². The lowest BCUT2D eigenvalue weighted by atomic mass is 9.94. The molecule has 1 aromatic heterocycles. The molecule has 142 valence electrons. The maximum atomic E-state index is 10.5. The van der Waals surface area contributed by atoms with Crippen LogP contribution in [0, 0.1) is 0 Å². The van der Waals surface area contributed by atoms with Gasteiger partial charge in [-0.3, -0.25) is 4.98 Å². The summed E-state index contributed by atoms with van der Waals surface area (Å²) >= 11 is 0. The number of para-hydroxylation sites is 1. The molecule has 1 heterocycles. The van der Waals surface area contributed by atoms with Gasteiger partial charge >= 0.3 is 0 Å². The zero-order chi connectivity index (χ0) is 19.6. The predicted molar refractivity (Wildman–Crippen MR) is 107 cm³/mol. The van der Waals surface area contributed by atoms with Crippen molar-refractivity contribution >= 4 is 11.6 Å². The number of rotatable bonds is 9. The first-order valence-corrected chi connectivity index (χ1v) is 8.74. The number of hydrogen-bond donors (Lipinski definition) is 4. The number of allylic oxidation sites excluding steroid dienone is 1. The number of phenols is 1. The number of hydrogen-bond acceptors (Lipinski definition) is 5. The molecule has 0 saturated carbocycles. The summed E-state index contributed by atoms with van der Waals surface area (Å²) in [5.74, 6) is 0.168. The van der Waals surface area contributed by atoms with Crippen molar-refractivity contribution in [1.82, 2.24) is 4.98 Å². The molecule has 2 rings (SSSR count). The Morgan fingerprint density at radius 1 is 1.11 bits per heavy atom. The van der Waals surface area contributed by atoms with Gasteiger partial charge in [0.05, 0.1) is 25.0 Å². The van der Waals surface area contributed by atoms with Gasteiger partial charge in [0.25, 0.3) is 0 Å². The van der Waals surface area contributed by atoms with E-state index in [0.29, 0.717) is 29.6 Å². The number of benzene rings is 1. The van der Waals surface area contributed by atoms with E-state index in [1.165, 1.54) is 6.08 Å². The first-order chi connectivity index (χ1) is 13.1. The summed E-state index contributed by atoms with van der Waals surface area (Å²) in [6.07, 6.45) is 4.94. The first-order valence-electron chi connectivity index (χ1n) is 8.74. The third-order valence-corrected chi connectivity index (χ3v) is 4.22. The van der Waals surface area contributed by atoms with Gasteiger partial charge in [-0.25, -0.2) is 0 Å². The lowest BCUT2D eigenvalue weighted by Crippen LogP contribution is -2.14. The Labute approximate surface area is 159 Å². The van der Waals surface area contributed by atoms with Crippen LogP contribution in [-0.4, -0.2) is 44.7 Å². The van der Waals surface area contributed by atoms with Crippen LogP contribution >= 0.6 is 0 Å². The summed E-state index contributed by atoms with van der Waals surface area (Å²) in [4.78, 5) is 4.37. The predicted octanol–water partition coefficient (Wildman–Crippen LogP) is 2.94. The van der Waals surface area contributed by atoms with Gasteiger partial charge in [0.15, 0.2) is 0 Å². The van der Waals surface area contributed by atoms with Crippen LogP contribution in [0.4, 0.5) is 0 Å². The molecule has 0 saturated heterocycles. The molecular formula is C22H25NO4. The van der Waals surface area contributed by atoms with Gasteiger partial charge in [-0.2, -0.15) is 0 Å². The maximum absolute atomic E-state index is 10.5. The third kappa shape index (κ3) is 5.89. The third-order valence-electron chi connectivity index (χ3n) is 4.22.